The van der Waals surface area contributed by atoms with E-state index in [0.29, 0.717) is 63.0 Å². The summed E-state index contributed by atoms with van der Waals surface area (Å²) < 4.78 is 33.2. The van der Waals surface area contributed by atoms with Gasteiger partial charge >= 0.3 is 0 Å². The molecule has 11 nitrogen and oxygen atoms in total. The number of benzene rings is 2. The Hall–Kier alpha value is -4.25. The van der Waals surface area contributed by atoms with Crippen molar-refractivity contribution in [1.29, 1.82) is 0 Å². The third-order valence-corrected chi connectivity index (χ3v) is 5.81. The quantitative estimate of drug-likeness (QED) is 0.567. The molecule has 11 heteroatoms. The molecule has 2 unspecified atom stereocenters. The zero-order valence-corrected chi connectivity index (χ0v) is 21.0. The Labute approximate surface area is 209 Å². The van der Waals surface area contributed by atoms with Crippen LogP contribution in [0.2, 0.25) is 0 Å². The van der Waals surface area contributed by atoms with E-state index in [1.165, 1.54) is 0 Å². The number of aliphatic imine (C=N–C) groups is 3. The summed E-state index contributed by atoms with van der Waals surface area (Å²) in [6.07, 6.45) is 1.01. The molecule has 4 rings (SSSR count). The molecule has 0 aliphatic carbocycles. The lowest BCUT2D eigenvalue weighted by Crippen LogP contribution is -2.36. The molecule has 0 amide bonds. The van der Waals surface area contributed by atoms with E-state index in [9.17, 15) is 0 Å². The third-order valence-electron chi connectivity index (χ3n) is 5.81. The van der Waals surface area contributed by atoms with Gasteiger partial charge in [-0.1, -0.05) is 0 Å². The van der Waals surface area contributed by atoms with E-state index < -0.39 is 12.2 Å². The number of nitrogens with two attached hydrogens (primary N) is 2. The number of hydrogen-bond acceptors (Lipinski definition) is 11. The number of rotatable bonds is 8. The molecule has 2 aromatic rings. The van der Waals surface area contributed by atoms with Crippen LogP contribution >= 0.6 is 0 Å². The molecule has 0 saturated carbocycles. The van der Waals surface area contributed by atoms with Gasteiger partial charge in [0.25, 0.3) is 0 Å². The van der Waals surface area contributed by atoms with Crippen LogP contribution in [0.4, 0.5) is 0 Å². The van der Waals surface area contributed by atoms with E-state index in [4.69, 9.17) is 49.9 Å². The highest BCUT2D eigenvalue weighted by Crippen LogP contribution is 2.44. The van der Waals surface area contributed by atoms with Gasteiger partial charge in [0, 0.05) is 5.56 Å². The van der Waals surface area contributed by atoms with E-state index >= 15 is 0 Å². The largest absolute Gasteiger partial charge is 0.493 e. The predicted molar refractivity (Wildman–Crippen MR) is 137 cm³/mol. The fourth-order valence-corrected chi connectivity index (χ4v) is 4.15. The number of ether oxygens (including phenoxy) is 6. The molecule has 0 saturated heterocycles. The summed E-state index contributed by atoms with van der Waals surface area (Å²) in [5, 5.41) is 0. The van der Waals surface area contributed by atoms with E-state index in [2.05, 4.69) is 4.99 Å². The molecule has 0 fully saturated rings. The van der Waals surface area contributed by atoms with Crippen LogP contribution in [0.1, 0.15) is 17.2 Å². The molecule has 0 spiro atoms. The second-order valence-electron chi connectivity index (χ2n) is 7.82. The Morgan fingerprint density at radius 3 is 1.67 bits per heavy atom. The Bertz CT molecular complexity index is 1250. The van der Waals surface area contributed by atoms with Crippen molar-refractivity contribution in [3.8, 4) is 34.5 Å². The molecule has 0 bridgehead atoms. The van der Waals surface area contributed by atoms with Crippen molar-refractivity contribution in [2.75, 3.05) is 42.7 Å². The first-order chi connectivity index (χ1) is 17.4. The van der Waals surface area contributed by atoms with Gasteiger partial charge < -0.3 is 39.9 Å². The summed E-state index contributed by atoms with van der Waals surface area (Å²) in [6, 6.07) is 6.62. The highest BCUT2D eigenvalue weighted by atomic mass is 16.5. The lowest BCUT2D eigenvalue weighted by atomic mass is 9.93. The average Bonchev–Trinajstić information content (AvgIpc) is 2.90. The maximum atomic E-state index is 6.27. The normalized spacial score (nSPS) is 18.6. The van der Waals surface area contributed by atoms with Gasteiger partial charge in [0.15, 0.2) is 28.8 Å². The van der Waals surface area contributed by atoms with Gasteiger partial charge in [-0.05, 0) is 35.9 Å². The molecular weight excluding hydrogens is 466 g/mol. The Morgan fingerprint density at radius 2 is 1.19 bits per heavy atom. The number of dihydropyridines is 1. The van der Waals surface area contributed by atoms with Crippen LogP contribution in [0, 0.1) is 0 Å². The van der Waals surface area contributed by atoms with Crippen molar-refractivity contribution in [2.24, 2.45) is 26.4 Å². The SMILES string of the molecule is COc1cc(C2=NC3=NC(N)C=C(N)C3=NC2c2cc(OC)c(OC)c(OC)c2)cc(OC)c1OC. The summed E-state index contributed by atoms with van der Waals surface area (Å²) in [6.45, 7) is 0. The number of methoxy groups -OCH3 is 6. The highest BCUT2D eigenvalue weighted by Gasteiger charge is 2.32. The summed E-state index contributed by atoms with van der Waals surface area (Å²) in [4.78, 5) is 14.2. The van der Waals surface area contributed by atoms with Crippen LogP contribution < -0.4 is 39.9 Å². The van der Waals surface area contributed by atoms with Crippen molar-refractivity contribution in [3.05, 3.63) is 47.2 Å². The summed E-state index contributed by atoms with van der Waals surface area (Å²) in [5.41, 5.74) is 15.1. The zero-order chi connectivity index (χ0) is 26.0. The van der Waals surface area contributed by atoms with Crippen molar-refractivity contribution in [1.82, 2.24) is 0 Å². The first-order valence-corrected chi connectivity index (χ1v) is 11.0. The summed E-state index contributed by atoms with van der Waals surface area (Å²) in [7, 11) is 9.29. The molecule has 0 radical (unpaired) electrons. The number of hydrogen-bond donors (Lipinski definition) is 2. The smallest absolute Gasteiger partial charge is 0.203 e. The molecule has 4 N–H and O–H groups in total. The summed E-state index contributed by atoms with van der Waals surface area (Å²) in [5.74, 6) is 3.15. The van der Waals surface area contributed by atoms with E-state index in [-0.39, 0.29) is 0 Å². The minimum atomic E-state index is -0.624. The van der Waals surface area contributed by atoms with Gasteiger partial charge in [-0.15, -0.1) is 0 Å². The van der Waals surface area contributed by atoms with Crippen LogP contribution in [0.3, 0.4) is 0 Å². The maximum Gasteiger partial charge on any atom is 0.203 e. The molecule has 2 aromatic carbocycles. The highest BCUT2D eigenvalue weighted by molar-refractivity contribution is 6.51. The molecular formula is C25H29N5O6. The van der Waals surface area contributed by atoms with Gasteiger partial charge in [0.1, 0.15) is 17.9 Å². The number of nitrogens with zero attached hydrogens (tertiary/aromatic N) is 3. The van der Waals surface area contributed by atoms with E-state index in [1.54, 1.807) is 60.9 Å². The Morgan fingerprint density at radius 1 is 0.694 bits per heavy atom. The van der Waals surface area contributed by atoms with Gasteiger partial charge in [0.2, 0.25) is 11.5 Å². The van der Waals surface area contributed by atoms with Gasteiger partial charge in [-0.3, -0.25) is 4.99 Å². The maximum absolute atomic E-state index is 6.27. The third kappa shape index (κ3) is 4.29. The van der Waals surface area contributed by atoms with Gasteiger partial charge in [-0.25, -0.2) is 9.98 Å². The van der Waals surface area contributed by atoms with Crippen molar-refractivity contribution >= 4 is 17.3 Å². The number of amidine groups is 1. The monoisotopic (exact) mass is 495 g/mol. The van der Waals surface area contributed by atoms with Gasteiger partial charge in [-0.2, -0.15) is 0 Å². The summed E-state index contributed by atoms with van der Waals surface area (Å²) >= 11 is 0. The lowest BCUT2D eigenvalue weighted by molar-refractivity contribution is 0.323. The minimum absolute atomic E-state index is 0.343. The Kier molecular flexibility index (Phi) is 7.02. The molecule has 36 heavy (non-hydrogen) atoms. The predicted octanol–water partition coefficient (Wildman–Crippen LogP) is 2.26. The fourth-order valence-electron chi connectivity index (χ4n) is 4.15. The van der Waals surface area contributed by atoms with E-state index in [0.717, 1.165) is 5.56 Å². The Balaban J connectivity index is 1.97. The van der Waals surface area contributed by atoms with Crippen LogP contribution in [-0.4, -0.2) is 66.1 Å². The first-order valence-electron chi connectivity index (χ1n) is 11.0. The number of fused-ring (bicyclic) bond motifs is 1. The minimum Gasteiger partial charge on any atom is -0.493 e. The van der Waals surface area contributed by atoms with Crippen molar-refractivity contribution in [3.63, 3.8) is 0 Å². The average molecular weight is 496 g/mol. The van der Waals surface area contributed by atoms with Crippen LogP contribution in [0.15, 0.2) is 51.0 Å². The first kappa shape index (κ1) is 24.9. The molecule has 2 aliphatic heterocycles. The second-order valence-corrected chi connectivity index (χ2v) is 7.82. The second kappa shape index (κ2) is 10.2. The van der Waals surface area contributed by atoms with E-state index in [1.807, 2.05) is 12.1 Å². The standard InChI is InChI=1S/C25H29N5O6/c1-31-15-7-12(8-16(32-2)23(15)35-5)20-21(30-25-22(29-20)14(26)11-19(27)28-25)13-9-17(33-3)24(36-6)18(10-13)34-4/h7-11,19-20H,26-27H2,1-6H3. The topological polar surface area (TPSA) is 144 Å². The van der Waals surface area contributed by atoms with Crippen molar-refractivity contribution < 1.29 is 28.4 Å². The van der Waals surface area contributed by atoms with Crippen LogP contribution in [0.5, 0.6) is 34.5 Å². The molecule has 190 valence electrons. The molecule has 2 aliphatic rings. The molecule has 2 atom stereocenters. The van der Waals surface area contributed by atoms with Crippen molar-refractivity contribution in [2.45, 2.75) is 12.2 Å². The lowest BCUT2D eigenvalue weighted by Gasteiger charge is -2.27. The molecule has 2 heterocycles. The fraction of sp³-hybridized carbons (Fsp3) is 0.320. The molecule has 0 aromatic heterocycles. The van der Waals surface area contributed by atoms with Crippen LogP contribution in [-0.2, 0) is 0 Å². The van der Waals surface area contributed by atoms with Gasteiger partial charge in [0.05, 0.1) is 54.1 Å². The zero-order valence-electron chi connectivity index (χ0n) is 21.0. The van der Waals surface area contributed by atoms with Crippen LogP contribution in [0.25, 0.3) is 0 Å².